The van der Waals surface area contributed by atoms with E-state index < -0.39 is 0 Å². The molecule has 0 bridgehead atoms. The van der Waals surface area contributed by atoms with Gasteiger partial charge in [0, 0.05) is 6.42 Å². The van der Waals surface area contributed by atoms with Crippen molar-refractivity contribution in [1.82, 2.24) is 0 Å². The molecule has 0 atom stereocenters. The predicted molar refractivity (Wildman–Crippen MR) is 67.9 cm³/mol. The van der Waals surface area contributed by atoms with Gasteiger partial charge in [-0.25, -0.2) is 0 Å². The van der Waals surface area contributed by atoms with Gasteiger partial charge in [0.25, 0.3) is 0 Å². The standard InChI is InChI=1S/C13H10Cl2O2/c1-8-5-6-17-13(8)11(16)7-9-3-2-4-10(14)12(9)15/h2-6H,7H2,1H3. The Bertz CT molecular complexity index is 558. The van der Waals surface area contributed by atoms with Crippen molar-refractivity contribution in [2.75, 3.05) is 0 Å². The Morgan fingerprint density at radius 3 is 2.71 bits per heavy atom. The molecule has 0 saturated heterocycles. The van der Waals surface area contributed by atoms with E-state index in [0.717, 1.165) is 5.56 Å². The minimum atomic E-state index is -0.100. The first-order chi connectivity index (χ1) is 8.09. The van der Waals surface area contributed by atoms with E-state index in [1.807, 2.05) is 6.92 Å². The summed E-state index contributed by atoms with van der Waals surface area (Å²) >= 11 is 11.9. The van der Waals surface area contributed by atoms with E-state index in [0.29, 0.717) is 21.4 Å². The van der Waals surface area contributed by atoms with E-state index in [9.17, 15) is 4.79 Å². The highest BCUT2D eigenvalue weighted by Crippen LogP contribution is 2.26. The summed E-state index contributed by atoms with van der Waals surface area (Å²) in [6, 6.07) is 7.00. The number of carbonyl (C=O) groups is 1. The second kappa shape index (κ2) is 4.94. The smallest absolute Gasteiger partial charge is 0.202 e. The fraction of sp³-hybridized carbons (Fsp3) is 0.154. The Morgan fingerprint density at radius 2 is 2.06 bits per heavy atom. The summed E-state index contributed by atoms with van der Waals surface area (Å²) in [7, 11) is 0. The molecule has 0 radical (unpaired) electrons. The molecule has 0 amide bonds. The number of hydrogen-bond donors (Lipinski definition) is 0. The SMILES string of the molecule is Cc1ccoc1C(=O)Cc1cccc(Cl)c1Cl. The van der Waals surface area contributed by atoms with Crippen molar-refractivity contribution in [3.8, 4) is 0 Å². The van der Waals surface area contributed by atoms with Gasteiger partial charge in [-0.2, -0.15) is 0 Å². The highest BCUT2D eigenvalue weighted by Gasteiger charge is 2.15. The van der Waals surface area contributed by atoms with E-state index >= 15 is 0 Å². The monoisotopic (exact) mass is 268 g/mol. The molecule has 0 fully saturated rings. The molecule has 17 heavy (non-hydrogen) atoms. The largest absolute Gasteiger partial charge is 0.461 e. The molecular formula is C13H10Cl2O2. The Balaban J connectivity index is 2.25. The molecule has 88 valence electrons. The first-order valence-electron chi connectivity index (χ1n) is 5.10. The van der Waals surface area contributed by atoms with Crippen molar-refractivity contribution in [3.63, 3.8) is 0 Å². The Hall–Kier alpha value is -1.25. The van der Waals surface area contributed by atoms with Gasteiger partial charge in [0.2, 0.25) is 5.78 Å². The summed E-state index contributed by atoms with van der Waals surface area (Å²) in [5.74, 6) is 0.276. The number of rotatable bonds is 3. The second-order valence-electron chi connectivity index (χ2n) is 3.75. The average Bonchev–Trinajstić information content (AvgIpc) is 2.71. The molecule has 2 rings (SSSR count). The number of benzene rings is 1. The molecule has 4 heteroatoms. The van der Waals surface area contributed by atoms with Crippen LogP contribution in [-0.4, -0.2) is 5.78 Å². The third kappa shape index (κ3) is 2.54. The Morgan fingerprint density at radius 1 is 1.29 bits per heavy atom. The van der Waals surface area contributed by atoms with Gasteiger partial charge in [0.15, 0.2) is 5.76 Å². The van der Waals surface area contributed by atoms with Gasteiger partial charge in [0.1, 0.15) is 0 Å². The van der Waals surface area contributed by atoms with Crippen LogP contribution in [0.4, 0.5) is 0 Å². The van der Waals surface area contributed by atoms with Crippen molar-refractivity contribution in [2.45, 2.75) is 13.3 Å². The molecule has 1 aromatic carbocycles. The lowest BCUT2D eigenvalue weighted by Crippen LogP contribution is -2.04. The number of hydrogen-bond acceptors (Lipinski definition) is 2. The highest BCUT2D eigenvalue weighted by molar-refractivity contribution is 6.42. The molecule has 0 N–H and O–H groups in total. The third-order valence-electron chi connectivity index (χ3n) is 2.50. The van der Waals surface area contributed by atoms with Crippen molar-refractivity contribution in [1.29, 1.82) is 0 Å². The summed E-state index contributed by atoms with van der Waals surface area (Å²) < 4.78 is 5.14. The molecule has 1 aromatic heterocycles. The van der Waals surface area contributed by atoms with Crippen LogP contribution in [0.25, 0.3) is 0 Å². The summed E-state index contributed by atoms with van der Waals surface area (Å²) in [5.41, 5.74) is 1.54. The quantitative estimate of drug-likeness (QED) is 0.777. The Labute approximate surface area is 109 Å². The van der Waals surface area contributed by atoms with Gasteiger partial charge in [-0.3, -0.25) is 4.79 Å². The molecule has 2 aromatic rings. The fourth-order valence-corrected chi connectivity index (χ4v) is 1.98. The van der Waals surface area contributed by atoms with E-state index in [4.69, 9.17) is 27.6 Å². The first kappa shape index (κ1) is 12.2. The summed E-state index contributed by atoms with van der Waals surface area (Å²) in [5, 5.41) is 0.875. The van der Waals surface area contributed by atoms with E-state index in [1.165, 1.54) is 6.26 Å². The third-order valence-corrected chi connectivity index (χ3v) is 3.36. The zero-order valence-corrected chi connectivity index (χ0v) is 10.7. The lowest BCUT2D eigenvalue weighted by atomic mass is 10.1. The van der Waals surface area contributed by atoms with Gasteiger partial charge in [-0.05, 0) is 30.2 Å². The lowest BCUT2D eigenvalue weighted by Gasteiger charge is -2.04. The average molecular weight is 269 g/mol. The molecule has 0 saturated carbocycles. The summed E-state index contributed by atoms with van der Waals surface area (Å²) in [6.07, 6.45) is 1.69. The van der Waals surface area contributed by atoms with Crippen molar-refractivity contribution in [2.24, 2.45) is 0 Å². The van der Waals surface area contributed by atoms with Crippen LogP contribution >= 0.6 is 23.2 Å². The number of aryl methyl sites for hydroxylation is 1. The van der Waals surface area contributed by atoms with Crippen LogP contribution < -0.4 is 0 Å². The Kier molecular flexibility index (Phi) is 3.55. The van der Waals surface area contributed by atoms with Crippen molar-refractivity contribution < 1.29 is 9.21 Å². The van der Waals surface area contributed by atoms with Gasteiger partial charge >= 0.3 is 0 Å². The van der Waals surface area contributed by atoms with Crippen LogP contribution in [-0.2, 0) is 6.42 Å². The first-order valence-corrected chi connectivity index (χ1v) is 5.85. The highest BCUT2D eigenvalue weighted by atomic mass is 35.5. The summed E-state index contributed by atoms with van der Waals surface area (Å²) in [6.45, 7) is 1.83. The predicted octanol–water partition coefficient (Wildman–Crippen LogP) is 4.32. The number of furan rings is 1. The maximum atomic E-state index is 12.0. The molecule has 2 nitrogen and oxygen atoms in total. The fourth-order valence-electron chi connectivity index (χ4n) is 1.60. The topological polar surface area (TPSA) is 30.2 Å². The van der Waals surface area contributed by atoms with Crippen molar-refractivity contribution >= 4 is 29.0 Å². The number of halogens is 2. The van der Waals surface area contributed by atoms with Crippen LogP contribution in [0.2, 0.25) is 10.0 Å². The van der Waals surface area contributed by atoms with E-state index in [1.54, 1.807) is 24.3 Å². The second-order valence-corrected chi connectivity index (χ2v) is 4.53. The molecular weight excluding hydrogens is 259 g/mol. The zero-order chi connectivity index (χ0) is 12.4. The molecule has 0 aliphatic carbocycles. The van der Waals surface area contributed by atoms with Crippen molar-refractivity contribution in [3.05, 3.63) is 57.5 Å². The lowest BCUT2D eigenvalue weighted by molar-refractivity contribution is 0.0965. The summed E-state index contributed by atoms with van der Waals surface area (Å²) in [4.78, 5) is 12.0. The van der Waals surface area contributed by atoms with Gasteiger partial charge in [-0.1, -0.05) is 35.3 Å². The molecule has 0 spiro atoms. The van der Waals surface area contributed by atoms with Crippen LogP contribution in [0.3, 0.4) is 0 Å². The maximum Gasteiger partial charge on any atom is 0.202 e. The molecule has 0 unspecified atom stereocenters. The minimum absolute atomic E-state index is 0.100. The number of Topliss-reactive ketones (excluding diaryl/α,β-unsaturated/α-hetero) is 1. The van der Waals surface area contributed by atoms with Crippen LogP contribution in [0.5, 0.6) is 0 Å². The number of carbonyl (C=O) groups excluding carboxylic acids is 1. The van der Waals surface area contributed by atoms with Gasteiger partial charge in [-0.15, -0.1) is 0 Å². The van der Waals surface area contributed by atoms with E-state index in [-0.39, 0.29) is 12.2 Å². The van der Waals surface area contributed by atoms with E-state index in [2.05, 4.69) is 0 Å². The molecule has 0 aliphatic heterocycles. The van der Waals surface area contributed by atoms with Crippen LogP contribution in [0.15, 0.2) is 34.9 Å². The van der Waals surface area contributed by atoms with Gasteiger partial charge < -0.3 is 4.42 Å². The molecule has 1 heterocycles. The molecule has 0 aliphatic rings. The maximum absolute atomic E-state index is 12.0. The van der Waals surface area contributed by atoms with Crippen LogP contribution in [0.1, 0.15) is 21.7 Å². The zero-order valence-electron chi connectivity index (χ0n) is 9.17. The normalized spacial score (nSPS) is 10.5. The minimum Gasteiger partial charge on any atom is -0.461 e. The number of ketones is 1. The van der Waals surface area contributed by atoms with Gasteiger partial charge in [0.05, 0.1) is 16.3 Å². The van der Waals surface area contributed by atoms with Crippen LogP contribution in [0, 0.1) is 6.92 Å².